The van der Waals surface area contributed by atoms with Crippen LogP contribution in [0, 0.1) is 10.1 Å². The molecular formula is C22H15ClN4O4S. The number of nitrogens with one attached hydrogen (secondary N) is 1. The van der Waals surface area contributed by atoms with Crippen LogP contribution in [0.4, 0.5) is 5.69 Å². The van der Waals surface area contributed by atoms with E-state index in [1.54, 1.807) is 42.5 Å². The van der Waals surface area contributed by atoms with Gasteiger partial charge in [0.05, 0.1) is 15.4 Å². The maximum absolute atomic E-state index is 13.2. The monoisotopic (exact) mass is 466 g/mol. The molecule has 3 aromatic rings. The lowest BCUT2D eigenvalue weighted by molar-refractivity contribution is -0.385. The van der Waals surface area contributed by atoms with E-state index < -0.39 is 22.1 Å². The Hall–Kier alpha value is -3.69. The summed E-state index contributed by atoms with van der Waals surface area (Å²) < 4.78 is 0. The van der Waals surface area contributed by atoms with Crippen molar-refractivity contribution in [3.05, 3.63) is 110 Å². The summed E-state index contributed by atoms with van der Waals surface area (Å²) in [4.78, 5) is 40.9. The van der Waals surface area contributed by atoms with Gasteiger partial charge in [0.15, 0.2) is 0 Å². The highest BCUT2D eigenvalue weighted by molar-refractivity contribution is 8.04. The van der Waals surface area contributed by atoms with Gasteiger partial charge in [-0.2, -0.15) is 0 Å². The molecule has 1 aliphatic heterocycles. The first kappa shape index (κ1) is 21.5. The largest absolute Gasteiger partial charge is 0.280 e. The third-order valence-corrected chi connectivity index (χ3v) is 6.15. The SMILES string of the molecule is O=C(NN1C(=O)C(=Cc2ccccc2[N+](=O)[O-])SC1c1ccc(Cl)cc1)c1ccncc1. The number of amides is 2. The molecule has 1 unspecified atom stereocenters. The number of thioether (sulfide) groups is 1. The number of hydrogen-bond acceptors (Lipinski definition) is 6. The summed E-state index contributed by atoms with van der Waals surface area (Å²) in [7, 11) is 0. The molecule has 0 saturated carbocycles. The molecule has 2 aromatic carbocycles. The van der Waals surface area contributed by atoms with Gasteiger partial charge in [-0.3, -0.25) is 30.1 Å². The van der Waals surface area contributed by atoms with Gasteiger partial charge in [0.1, 0.15) is 5.37 Å². The van der Waals surface area contributed by atoms with Crippen molar-refractivity contribution in [2.24, 2.45) is 0 Å². The fourth-order valence-corrected chi connectivity index (χ4v) is 4.40. The molecule has 4 rings (SSSR count). The summed E-state index contributed by atoms with van der Waals surface area (Å²) in [5.41, 5.74) is 3.90. The van der Waals surface area contributed by atoms with Crippen LogP contribution in [0.15, 0.2) is 78.0 Å². The molecule has 1 aromatic heterocycles. The summed E-state index contributed by atoms with van der Waals surface area (Å²) in [5, 5.41) is 12.5. The van der Waals surface area contributed by atoms with E-state index in [0.29, 0.717) is 16.1 Å². The first-order valence-electron chi connectivity index (χ1n) is 9.36. The van der Waals surface area contributed by atoms with Crippen LogP contribution in [-0.4, -0.2) is 26.7 Å². The molecule has 32 heavy (non-hydrogen) atoms. The third-order valence-electron chi connectivity index (χ3n) is 4.64. The molecule has 1 aliphatic rings. The Bertz CT molecular complexity index is 1220. The van der Waals surface area contributed by atoms with Gasteiger partial charge in [-0.1, -0.05) is 47.6 Å². The summed E-state index contributed by atoms with van der Waals surface area (Å²) in [6.45, 7) is 0. The number of nitro benzene ring substituents is 1. The van der Waals surface area contributed by atoms with E-state index in [4.69, 9.17) is 11.6 Å². The van der Waals surface area contributed by atoms with Crippen molar-refractivity contribution < 1.29 is 14.5 Å². The summed E-state index contributed by atoms with van der Waals surface area (Å²) in [5.74, 6) is -0.956. The van der Waals surface area contributed by atoms with Crippen LogP contribution in [0.25, 0.3) is 6.08 Å². The molecule has 160 valence electrons. The van der Waals surface area contributed by atoms with Gasteiger partial charge in [-0.15, -0.1) is 0 Å². The van der Waals surface area contributed by atoms with Gasteiger partial charge >= 0.3 is 0 Å². The highest BCUT2D eigenvalue weighted by Crippen LogP contribution is 2.45. The number of aromatic nitrogens is 1. The van der Waals surface area contributed by atoms with Crippen molar-refractivity contribution in [2.75, 3.05) is 0 Å². The van der Waals surface area contributed by atoms with Crippen LogP contribution >= 0.6 is 23.4 Å². The lowest BCUT2D eigenvalue weighted by Gasteiger charge is -2.24. The van der Waals surface area contributed by atoms with E-state index in [0.717, 1.165) is 5.56 Å². The van der Waals surface area contributed by atoms with E-state index in [1.807, 2.05) is 0 Å². The van der Waals surface area contributed by atoms with Gasteiger partial charge < -0.3 is 0 Å². The van der Waals surface area contributed by atoms with Crippen molar-refractivity contribution in [3.63, 3.8) is 0 Å². The summed E-state index contributed by atoms with van der Waals surface area (Å²) in [6.07, 6.45) is 4.42. The minimum atomic E-state index is -0.584. The molecule has 0 bridgehead atoms. The maximum atomic E-state index is 13.2. The molecule has 0 radical (unpaired) electrons. The zero-order valence-electron chi connectivity index (χ0n) is 16.3. The summed E-state index contributed by atoms with van der Waals surface area (Å²) >= 11 is 7.18. The van der Waals surface area contributed by atoms with Crippen molar-refractivity contribution in [1.29, 1.82) is 0 Å². The second kappa shape index (κ2) is 9.21. The van der Waals surface area contributed by atoms with E-state index in [-0.39, 0.29) is 10.6 Å². The molecular weight excluding hydrogens is 452 g/mol. The normalized spacial score (nSPS) is 16.9. The van der Waals surface area contributed by atoms with Crippen LogP contribution in [-0.2, 0) is 4.79 Å². The highest BCUT2D eigenvalue weighted by Gasteiger charge is 2.39. The zero-order chi connectivity index (χ0) is 22.7. The Kier molecular flexibility index (Phi) is 6.20. The van der Waals surface area contributed by atoms with Crippen LogP contribution in [0.3, 0.4) is 0 Å². The molecule has 2 amide bonds. The number of hydrazine groups is 1. The number of rotatable bonds is 5. The predicted molar refractivity (Wildman–Crippen MR) is 121 cm³/mol. The Balaban J connectivity index is 1.71. The zero-order valence-corrected chi connectivity index (χ0v) is 17.9. The van der Waals surface area contributed by atoms with Crippen LogP contribution in [0.2, 0.25) is 5.02 Å². The number of pyridine rings is 1. The Labute approximate surface area is 192 Å². The molecule has 8 nitrogen and oxygen atoms in total. The van der Waals surface area contributed by atoms with Gasteiger partial charge in [-0.25, -0.2) is 5.01 Å². The lowest BCUT2D eigenvalue weighted by Crippen LogP contribution is -2.44. The Morgan fingerprint density at radius 3 is 2.50 bits per heavy atom. The van der Waals surface area contributed by atoms with Crippen molar-refractivity contribution >= 4 is 46.9 Å². The molecule has 0 spiro atoms. The number of halogens is 1. The van der Waals surface area contributed by atoms with Gasteiger partial charge in [0.25, 0.3) is 17.5 Å². The van der Waals surface area contributed by atoms with E-state index in [2.05, 4.69) is 10.4 Å². The van der Waals surface area contributed by atoms with E-state index in [1.165, 1.54) is 53.4 Å². The van der Waals surface area contributed by atoms with Crippen molar-refractivity contribution in [2.45, 2.75) is 5.37 Å². The smallest absolute Gasteiger partial charge is 0.267 e. The Morgan fingerprint density at radius 1 is 1.12 bits per heavy atom. The summed E-state index contributed by atoms with van der Waals surface area (Å²) in [6, 6.07) is 16.1. The van der Waals surface area contributed by atoms with Gasteiger partial charge in [0, 0.05) is 29.0 Å². The first-order valence-corrected chi connectivity index (χ1v) is 10.6. The quantitative estimate of drug-likeness (QED) is 0.334. The molecule has 1 N–H and O–H groups in total. The maximum Gasteiger partial charge on any atom is 0.280 e. The fraction of sp³-hybridized carbons (Fsp3) is 0.0455. The number of carbonyl (C=O) groups excluding carboxylic acids is 2. The second-order valence-corrected chi connectivity index (χ2v) is 8.26. The average molecular weight is 467 g/mol. The first-order chi connectivity index (χ1) is 15.4. The number of carbonyl (C=O) groups is 2. The average Bonchev–Trinajstić information content (AvgIpc) is 3.10. The van der Waals surface area contributed by atoms with Crippen LogP contribution < -0.4 is 5.43 Å². The molecule has 0 aliphatic carbocycles. The number of hydrogen-bond donors (Lipinski definition) is 1. The van der Waals surface area contributed by atoms with Crippen molar-refractivity contribution in [3.8, 4) is 0 Å². The molecule has 1 atom stereocenters. The van der Waals surface area contributed by atoms with E-state index >= 15 is 0 Å². The number of nitrogens with zero attached hydrogens (tertiary/aromatic N) is 3. The molecule has 10 heteroatoms. The Morgan fingerprint density at radius 2 is 1.81 bits per heavy atom. The third kappa shape index (κ3) is 4.48. The van der Waals surface area contributed by atoms with Crippen LogP contribution in [0.1, 0.15) is 26.9 Å². The van der Waals surface area contributed by atoms with Gasteiger partial charge in [-0.05, 0) is 42.0 Å². The predicted octanol–water partition coefficient (Wildman–Crippen LogP) is 4.60. The molecule has 2 heterocycles. The molecule has 1 saturated heterocycles. The minimum absolute atomic E-state index is 0.115. The fourth-order valence-electron chi connectivity index (χ4n) is 3.09. The van der Waals surface area contributed by atoms with Crippen LogP contribution in [0.5, 0.6) is 0 Å². The topological polar surface area (TPSA) is 105 Å². The highest BCUT2D eigenvalue weighted by atomic mass is 35.5. The van der Waals surface area contributed by atoms with Crippen molar-refractivity contribution in [1.82, 2.24) is 15.4 Å². The van der Waals surface area contributed by atoms with E-state index in [9.17, 15) is 19.7 Å². The second-order valence-electron chi connectivity index (χ2n) is 6.70. The minimum Gasteiger partial charge on any atom is -0.267 e. The number of benzene rings is 2. The lowest BCUT2D eigenvalue weighted by atomic mass is 10.1. The standard InChI is InChI=1S/C22H15ClN4O4S/c23-17-7-5-15(6-8-17)22-26(25-20(28)14-9-11-24-12-10-14)21(29)19(32-22)13-16-3-1-2-4-18(16)27(30)31/h1-13,22H,(H,25,28). The molecule has 1 fully saturated rings. The number of nitro groups is 1. The number of para-hydroxylation sites is 1. The van der Waals surface area contributed by atoms with Gasteiger partial charge in [0.2, 0.25) is 0 Å².